The van der Waals surface area contributed by atoms with Crippen molar-refractivity contribution < 1.29 is 4.52 Å². The molecule has 1 aliphatic rings. The Kier molecular flexibility index (Phi) is 5.44. The second-order valence-electron chi connectivity index (χ2n) is 7.90. The molecule has 1 aromatic heterocycles. The van der Waals surface area contributed by atoms with Gasteiger partial charge >= 0.3 is 0 Å². The first-order valence-corrected chi connectivity index (χ1v) is 8.22. The van der Waals surface area contributed by atoms with Crippen molar-refractivity contribution >= 4 is 0 Å². The molecule has 0 saturated carbocycles. The summed E-state index contributed by atoms with van der Waals surface area (Å²) >= 11 is 0. The highest BCUT2D eigenvalue weighted by Crippen LogP contribution is 2.34. The Morgan fingerprint density at radius 3 is 2.81 bits per heavy atom. The van der Waals surface area contributed by atoms with Crippen LogP contribution >= 0.6 is 0 Å². The lowest BCUT2D eigenvalue weighted by atomic mass is 9.80. The molecule has 1 atom stereocenters. The number of nitrogens with zero attached hydrogens (tertiary/aromatic N) is 2. The molecule has 120 valence electrons. The first-order chi connectivity index (χ1) is 9.84. The summed E-state index contributed by atoms with van der Waals surface area (Å²) < 4.78 is 5.47. The molecule has 1 aromatic rings. The van der Waals surface area contributed by atoms with Gasteiger partial charge in [-0.05, 0) is 36.8 Å². The molecular formula is C17H31N3O. The molecule has 4 heteroatoms. The maximum atomic E-state index is 5.47. The summed E-state index contributed by atoms with van der Waals surface area (Å²) in [5.74, 6) is 2.44. The van der Waals surface area contributed by atoms with E-state index in [1.807, 2.05) is 0 Å². The molecule has 0 radical (unpaired) electrons. The Labute approximate surface area is 129 Å². The van der Waals surface area contributed by atoms with Gasteiger partial charge in [0.1, 0.15) is 0 Å². The number of rotatable bonds is 6. The van der Waals surface area contributed by atoms with Crippen LogP contribution in [0.5, 0.6) is 0 Å². The lowest BCUT2D eigenvalue weighted by Gasteiger charge is -2.26. The fourth-order valence-electron chi connectivity index (χ4n) is 2.91. The van der Waals surface area contributed by atoms with Gasteiger partial charge in [-0.1, -0.05) is 39.8 Å². The number of nitrogens with one attached hydrogen (secondary N) is 1. The van der Waals surface area contributed by atoms with E-state index in [1.165, 1.54) is 19.5 Å². The van der Waals surface area contributed by atoms with Gasteiger partial charge in [0.25, 0.3) is 0 Å². The first kappa shape index (κ1) is 16.5. The summed E-state index contributed by atoms with van der Waals surface area (Å²) in [5.41, 5.74) is 1.42. The minimum absolute atomic E-state index is 0.405. The largest absolute Gasteiger partial charge is 0.360 e. The van der Waals surface area contributed by atoms with Gasteiger partial charge in [-0.2, -0.15) is 0 Å². The molecule has 1 saturated heterocycles. The van der Waals surface area contributed by atoms with E-state index in [1.54, 1.807) is 0 Å². The van der Waals surface area contributed by atoms with Crippen LogP contribution in [-0.4, -0.2) is 29.7 Å². The normalized spacial score (nSPS) is 20.6. The minimum atomic E-state index is 0.405. The van der Waals surface area contributed by atoms with Gasteiger partial charge in [0.05, 0.1) is 12.2 Å². The third-order valence-electron chi connectivity index (χ3n) is 4.34. The molecule has 1 N–H and O–H groups in total. The average Bonchev–Trinajstić information content (AvgIpc) is 2.98. The Morgan fingerprint density at radius 1 is 1.43 bits per heavy atom. The lowest BCUT2D eigenvalue weighted by Crippen LogP contribution is -2.25. The fourth-order valence-corrected chi connectivity index (χ4v) is 2.91. The predicted molar refractivity (Wildman–Crippen MR) is 85.9 cm³/mol. The van der Waals surface area contributed by atoms with Crippen molar-refractivity contribution in [1.82, 2.24) is 15.4 Å². The van der Waals surface area contributed by atoms with E-state index >= 15 is 0 Å². The predicted octanol–water partition coefficient (Wildman–Crippen LogP) is 3.29. The van der Waals surface area contributed by atoms with Crippen molar-refractivity contribution in [2.75, 3.05) is 19.6 Å². The molecule has 0 aromatic carbocycles. The zero-order chi connectivity index (χ0) is 15.5. The maximum absolute atomic E-state index is 5.47. The summed E-state index contributed by atoms with van der Waals surface area (Å²) in [5, 5.41) is 7.56. The Hall–Kier alpha value is -0.870. The van der Waals surface area contributed by atoms with Crippen LogP contribution in [-0.2, 0) is 13.1 Å². The van der Waals surface area contributed by atoms with Crippen molar-refractivity contribution in [3.63, 3.8) is 0 Å². The average molecular weight is 293 g/mol. The highest BCUT2D eigenvalue weighted by atomic mass is 16.5. The molecule has 0 amide bonds. The smallest absolute Gasteiger partial charge is 0.151 e. The lowest BCUT2D eigenvalue weighted by molar-refractivity contribution is 0.214. The summed E-state index contributed by atoms with van der Waals surface area (Å²) in [6.45, 7) is 16.5. The van der Waals surface area contributed by atoms with E-state index in [9.17, 15) is 0 Å². The molecule has 2 heterocycles. The summed E-state index contributed by atoms with van der Waals surface area (Å²) in [7, 11) is 0. The van der Waals surface area contributed by atoms with E-state index < -0.39 is 0 Å². The summed E-state index contributed by atoms with van der Waals surface area (Å²) in [4.78, 5) is 2.49. The van der Waals surface area contributed by atoms with Crippen LogP contribution in [0, 0.1) is 17.3 Å². The second kappa shape index (κ2) is 6.93. The van der Waals surface area contributed by atoms with Crippen molar-refractivity contribution in [1.29, 1.82) is 0 Å². The summed E-state index contributed by atoms with van der Waals surface area (Å²) in [6, 6.07) is 2.09. The second-order valence-corrected chi connectivity index (χ2v) is 7.90. The molecule has 1 unspecified atom stereocenters. The van der Waals surface area contributed by atoms with E-state index in [-0.39, 0.29) is 0 Å². The molecule has 0 aliphatic carbocycles. The van der Waals surface area contributed by atoms with Crippen molar-refractivity contribution in [2.24, 2.45) is 17.3 Å². The molecule has 2 rings (SSSR count). The van der Waals surface area contributed by atoms with E-state index in [2.05, 4.69) is 56.1 Å². The number of hydrogen-bond donors (Lipinski definition) is 1. The Balaban J connectivity index is 1.78. The van der Waals surface area contributed by atoms with E-state index in [4.69, 9.17) is 4.52 Å². The van der Waals surface area contributed by atoms with Crippen LogP contribution < -0.4 is 5.32 Å². The first-order valence-electron chi connectivity index (χ1n) is 8.22. The standard InChI is InChI=1S/C17H31N3O/c1-13(2)9-18-10-15-8-16(21-19-15)12-20-7-6-14(11-20)17(3,4)5/h8,13-14,18H,6-7,9-12H2,1-5H3. The topological polar surface area (TPSA) is 41.3 Å². The van der Waals surface area contributed by atoms with Crippen LogP contribution in [0.4, 0.5) is 0 Å². The molecule has 1 aliphatic heterocycles. The molecule has 0 spiro atoms. The highest BCUT2D eigenvalue weighted by Gasteiger charge is 2.31. The van der Waals surface area contributed by atoms with Crippen molar-refractivity contribution in [3.8, 4) is 0 Å². The van der Waals surface area contributed by atoms with Crippen molar-refractivity contribution in [2.45, 2.75) is 54.1 Å². The third-order valence-corrected chi connectivity index (χ3v) is 4.34. The monoisotopic (exact) mass is 293 g/mol. The summed E-state index contributed by atoms with van der Waals surface area (Å²) in [6.07, 6.45) is 1.29. The van der Waals surface area contributed by atoms with Crippen LogP contribution in [0.2, 0.25) is 0 Å². The molecular weight excluding hydrogens is 262 g/mol. The van der Waals surface area contributed by atoms with Crippen LogP contribution in [0.25, 0.3) is 0 Å². The fraction of sp³-hybridized carbons (Fsp3) is 0.824. The van der Waals surface area contributed by atoms with Gasteiger partial charge < -0.3 is 9.84 Å². The van der Waals surface area contributed by atoms with Crippen molar-refractivity contribution in [3.05, 3.63) is 17.5 Å². The van der Waals surface area contributed by atoms with Crippen LogP contribution in [0.15, 0.2) is 10.6 Å². The van der Waals surface area contributed by atoms with Crippen LogP contribution in [0.3, 0.4) is 0 Å². The minimum Gasteiger partial charge on any atom is -0.360 e. The third kappa shape index (κ3) is 5.11. The zero-order valence-electron chi connectivity index (χ0n) is 14.3. The van der Waals surface area contributed by atoms with Crippen LogP contribution in [0.1, 0.15) is 52.5 Å². The number of likely N-dealkylation sites (tertiary alicyclic amines) is 1. The van der Waals surface area contributed by atoms with Gasteiger partial charge in [0.15, 0.2) is 5.76 Å². The Bertz CT molecular complexity index is 433. The van der Waals surface area contributed by atoms with E-state index in [0.29, 0.717) is 11.3 Å². The molecule has 21 heavy (non-hydrogen) atoms. The molecule has 0 bridgehead atoms. The molecule has 1 fully saturated rings. The number of hydrogen-bond acceptors (Lipinski definition) is 4. The van der Waals surface area contributed by atoms with Gasteiger partial charge in [0.2, 0.25) is 0 Å². The highest BCUT2D eigenvalue weighted by molar-refractivity contribution is 5.05. The van der Waals surface area contributed by atoms with Gasteiger partial charge in [0, 0.05) is 19.2 Å². The SMILES string of the molecule is CC(C)CNCc1cc(CN2CCC(C(C)(C)C)C2)on1. The maximum Gasteiger partial charge on any atom is 0.151 e. The van der Waals surface area contributed by atoms with Gasteiger partial charge in [-0.3, -0.25) is 4.90 Å². The molecule has 4 nitrogen and oxygen atoms in total. The van der Waals surface area contributed by atoms with Gasteiger partial charge in [-0.25, -0.2) is 0 Å². The Morgan fingerprint density at radius 2 is 2.19 bits per heavy atom. The number of aromatic nitrogens is 1. The van der Waals surface area contributed by atoms with E-state index in [0.717, 1.165) is 37.0 Å². The van der Waals surface area contributed by atoms with Gasteiger partial charge in [-0.15, -0.1) is 0 Å². The quantitative estimate of drug-likeness (QED) is 0.874. The zero-order valence-corrected chi connectivity index (χ0v) is 14.3.